The van der Waals surface area contributed by atoms with Crippen molar-refractivity contribution in [2.24, 2.45) is 29.4 Å². The van der Waals surface area contributed by atoms with Crippen molar-refractivity contribution in [3.05, 3.63) is 0 Å². The van der Waals surface area contributed by atoms with Gasteiger partial charge in [-0.1, -0.05) is 27.7 Å². The van der Waals surface area contributed by atoms with Gasteiger partial charge in [-0.25, -0.2) is 0 Å². The van der Waals surface area contributed by atoms with E-state index in [0.717, 1.165) is 12.8 Å². The van der Waals surface area contributed by atoms with Gasteiger partial charge in [0.25, 0.3) is 0 Å². The molecule has 6 saturated heterocycles. The highest BCUT2D eigenvalue weighted by molar-refractivity contribution is 6.23. The van der Waals surface area contributed by atoms with E-state index < -0.39 is 104 Å². The van der Waals surface area contributed by atoms with Gasteiger partial charge >= 0.3 is 0 Å². The molecule has 0 amide bonds. The molecule has 23 nitrogen and oxygen atoms in total. The molecule has 26 heteroatoms. The Kier molecular flexibility index (Phi) is 35.2. The number of ether oxygens (including phenoxy) is 12. The molecule has 0 radical (unpaired) electrons. The summed E-state index contributed by atoms with van der Waals surface area (Å²) in [6, 6.07) is 0. The molecular weight excluding hydrogens is 1020 g/mol. The molecule has 26 atom stereocenters. The highest BCUT2D eigenvalue weighted by Gasteiger charge is 2.45. The zero-order chi connectivity index (χ0) is 55.2. The first-order valence-corrected chi connectivity index (χ1v) is 25.7. The second-order valence-electron chi connectivity index (χ2n) is 18.7. The first-order chi connectivity index (χ1) is 33.9. The molecule has 12 N–H and O–H groups in total. The van der Waals surface area contributed by atoms with Crippen LogP contribution >= 0.6 is 34.8 Å². The summed E-state index contributed by atoms with van der Waals surface area (Å²) >= 11 is 16.9. The maximum Gasteiger partial charge on any atom is 0.186 e. The monoisotopic (exact) mass is 1110 g/mol. The van der Waals surface area contributed by atoms with Crippen LogP contribution in [0.3, 0.4) is 0 Å². The van der Waals surface area contributed by atoms with Crippen LogP contribution in [0.25, 0.3) is 0 Å². The molecule has 12 unspecified atom stereocenters. The van der Waals surface area contributed by atoms with Crippen LogP contribution in [0, 0.1) is 23.7 Å². The number of hydrogen-bond acceptors (Lipinski definition) is 23. The minimum Gasteiger partial charge on any atom is -0.394 e. The lowest BCUT2D eigenvalue weighted by molar-refractivity contribution is -0.294. The van der Waals surface area contributed by atoms with Crippen molar-refractivity contribution >= 4 is 34.8 Å². The van der Waals surface area contributed by atoms with E-state index in [2.05, 4.69) is 34.6 Å². The summed E-state index contributed by atoms with van der Waals surface area (Å²) in [4.78, 5) is 0. The molecule has 6 rings (SSSR count). The van der Waals surface area contributed by atoms with Crippen LogP contribution in [0.1, 0.15) is 67.2 Å². The van der Waals surface area contributed by atoms with Gasteiger partial charge < -0.3 is 114 Å². The number of aliphatic hydroxyl groups is 10. The highest BCUT2D eigenvalue weighted by atomic mass is 35.5. The topological polar surface area (TPSA) is 339 Å². The van der Waals surface area contributed by atoms with Crippen LogP contribution in [0.2, 0.25) is 0 Å². The van der Waals surface area contributed by atoms with Crippen LogP contribution in [-0.4, -0.2) is 253 Å². The predicted octanol–water partition coefficient (Wildman–Crippen LogP) is -0.425. The van der Waals surface area contributed by atoms with Gasteiger partial charge in [0, 0.05) is 79.8 Å². The number of nitrogens with two attached hydrogens (primary N) is 1. The molecule has 432 valence electrons. The number of methoxy groups -OCH3 is 6. The summed E-state index contributed by atoms with van der Waals surface area (Å²) in [6.45, 7) is 12.9. The van der Waals surface area contributed by atoms with E-state index in [9.17, 15) is 46.0 Å². The SMILES string of the molecule is CO[C@H]1OC(C)C[C@H](C)C1C.CO[C@H]1OC(C)C[C@H](O)C1O.CO[C@H]1OC(CCl)C[C@H](O)C1O.CO[C@H]1OC(CCl)[C@H](Cl)[C@H](O)C1O.CO[C@H]1OC(CN)C[C@H](C)C1C.CO[C@H]1OC(CO)[C@@H](O)[C@H](O)C1O. The standard InChI is InChI=1S/C9H19NO2.C9H18O2.C7H12Cl2O4.C7H13ClO4.C7H14O6.C7H14O4/c1-6-4-8(5-10)12-9(11-3)7(6)2;1-6-5-7(2)11-9(10-4)8(6)3;1-12-7-6(11)5(10)4(9)3(2-8)13-7;1-11-7-6(10)5(9)2-4(3-8)12-7;1-12-7-6(11)5(10)4(9)3(2-8)13-7;1-4-3-5(8)6(9)7(10-2)11-4/h6-9H,4-5,10H2,1-3H3;6-9H,5H2,1-4H3;3-7,10-11H,2H2,1H3;4-7,9-10H,2-3H2,1H3;3-11H,2H2,1H3;4-9H,3H2,1-2H3/t2*6-,7?,8?,9-;3?,4-,5-,6?,7-;4?,5-,6?,7-;3?,4-,5+,6?,7+;4?,5-,6?,7-/m000010/s1. The fourth-order valence-corrected chi connectivity index (χ4v) is 9.13. The largest absolute Gasteiger partial charge is 0.394 e. The number of rotatable bonds is 10. The summed E-state index contributed by atoms with van der Waals surface area (Å²) in [7, 11) is 8.93. The lowest BCUT2D eigenvalue weighted by Gasteiger charge is -2.38. The Balaban J connectivity index is 0.000000432. The average Bonchev–Trinajstić information content (AvgIpc) is 3.37. The minimum absolute atomic E-state index is 0.00810. The lowest BCUT2D eigenvalue weighted by atomic mass is 9.87. The Labute approximate surface area is 440 Å². The van der Waals surface area contributed by atoms with Gasteiger partial charge in [-0.3, -0.25) is 0 Å². The number of alkyl halides is 3. The molecule has 0 aromatic rings. The van der Waals surface area contributed by atoms with E-state index in [1.54, 1.807) is 14.2 Å². The molecule has 6 fully saturated rings. The molecule has 6 aliphatic heterocycles. The first-order valence-electron chi connectivity index (χ1n) is 24.2. The van der Waals surface area contributed by atoms with Crippen molar-refractivity contribution in [1.29, 1.82) is 0 Å². The van der Waals surface area contributed by atoms with Gasteiger partial charge in [-0.05, 0) is 38.5 Å². The molecule has 0 aliphatic carbocycles. The van der Waals surface area contributed by atoms with Crippen LogP contribution in [-0.2, 0) is 56.8 Å². The fraction of sp³-hybridized carbons (Fsp3) is 1.00. The average molecular weight is 1120 g/mol. The number of aliphatic hydroxyl groups excluding tert-OH is 10. The zero-order valence-electron chi connectivity index (χ0n) is 43.8. The summed E-state index contributed by atoms with van der Waals surface area (Å²) in [5.41, 5.74) is 5.55. The van der Waals surface area contributed by atoms with Crippen molar-refractivity contribution in [3.8, 4) is 0 Å². The molecular formula is C46H90Cl3NO22. The Morgan fingerprint density at radius 2 is 0.819 bits per heavy atom. The third-order valence-corrected chi connectivity index (χ3v) is 14.4. The molecule has 0 saturated carbocycles. The summed E-state index contributed by atoms with van der Waals surface area (Å²) in [6.07, 6.45) is -11.2. The van der Waals surface area contributed by atoms with Crippen LogP contribution in [0.5, 0.6) is 0 Å². The van der Waals surface area contributed by atoms with Crippen LogP contribution < -0.4 is 5.73 Å². The van der Waals surface area contributed by atoms with Gasteiger partial charge in [0.05, 0.1) is 60.6 Å². The van der Waals surface area contributed by atoms with Gasteiger partial charge in [-0.15, -0.1) is 34.8 Å². The van der Waals surface area contributed by atoms with E-state index in [1.165, 1.54) is 28.4 Å². The van der Waals surface area contributed by atoms with Gasteiger partial charge in [-0.2, -0.15) is 0 Å². The zero-order valence-corrected chi connectivity index (χ0v) is 46.0. The Hall–Kier alpha value is -0.0500. The van der Waals surface area contributed by atoms with E-state index >= 15 is 0 Å². The van der Waals surface area contributed by atoms with Gasteiger partial charge in [0.1, 0.15) is 48.8 Å². The van der Waals surface area contributed by atoms with E-state index in [4.69, 9.17) is 102 Å². The van der Waals surface area contributed by atoms with Crippen molar-refractivity contribution in [2.45, 2.75) is 202 Å². The molecule has 0 bridgehead atoms. The fourth-order valence-electron chi connectivity index (χ4n) is 8.28. The van der Waals surface area contributed by atoms with E-state index in [0.29, 0.717) is 55.0 Å². The van der Waals surface area contributed by atoms with E-state index in [-0.39, 0.29) is 36.8 Å². The maximum absolute atomic E-state index is 9.45. The first kappa shape index (κ1) is 70.0. The number of hydrogen-bond donors (Lipinski definition) is 11. The second-order valence-corrected chi connectivity index (χ2v) is 19.9. The van der Waals surface area contributed by atoms with Crippen molar-refractivity contribution in [2.75, 3.05) is 67.6 Å². The lowest BCUT2D eigenvalue weighted by Crippen LogP contribution is -2.58. The van der Waals surface area contributed by atoms with E-state index in [1.807, 2.05) is 6.92 Å². The molecule has 0 spiro atoms. The van der Waals surface area contributed by atoms with Gasteiger partial charge in [0.2, 0.25) is 0 Å². The molecule has 6 heterocycles. The molecule has 0 aromatic heterocycles. The summed E-state index contributed by atoms with van der Waals surface area (Å²) in [5.74, 6) is 2.79. The van der Waals surface area contributed by atoms with Crippen molar-refractivity contribution in [3.63, 3.8) is 0 Å². The number of halogens is 3. The van der Waals surface area contributed by atoms with Gasteiger partial charge in [0.15, 0.2) is 37.7 Å². The smallest absolute Gasteiger partial charge is 0.186 e. The minimum atomic E-state index is -1.36. The summed E-state index contributed by atoms with van der Waals surface area (Å²) < 4.78 is 61.3. The Morgan fingerprint density at radius 3 is 1.28 bits per heavy atom. The third-order valence-electron chi connectivity index (χ3n) is 13.3. The van der Waals surface area contributed by atoms with Crippen LogP contribution in [0.4, 0.5) is 0 Å². The quantitative estimate of drug-likeness (QED) is 0.124. The maximum atomic E-state index is 9.45. The predicted molar refractivity (Wildman–Crippen MR) is 262 cm³/mol. The highest BCUT2D eigenvalue weighted by Crippen LogP contribution is 2.32. The van der Waals surface area contributed by atoms with Crippen molar-refractivity contribution < 1.29 is 108 Å². The molecule has 6 aliphatic rings. The van der Waals surface area contributed by atoms with Crippen LogP contribution in [0.15, 0.2) is 0 Å². The Bertz CT molecular complexity index is 1250. The van der Waals surface area contributed by atoms with Crippen molar-refractivity contribution in [1.82, 2.24) is 0 Å². The third kappa shape index (κ3) is 21.6. The Morgan fingerprint density at radius 1 is 0.431 bits per heavy atom. The normalized spacial score (nSPS) is 45.1. The second kappa shape index (κ2) is 36.2. The molecule has 0 aromatic carbocycles. The summed E-state index contributed by atoms with van der Waals surface area (Å²) in [5, 5.41) is 91.8. The molecule has 72 heavy (non-hydrogen) atoms.